The van der Waals surface area contributed by atoms with Gasteiger partial charge in [0, 0.05) is 12.1 Å². The highest BCUT2D eigenvalue weighted by Gasteiger charge is 2.18. The largest absolute Gasteiger partial charge is 0.308 e. The van der Waals surface area contributed by atoms with Crippen LogP contribution in [0.15, 0.2) is 24.4 Å². The lowest BCUT2D eigenvalue weighted by Crippen LogP contribution is -2.18. The highest BCUT2D eigenvalue weighted by atomic mass is 35.5. The predicted molar refractivity (Wildman–Crippen MR) is 63.3 cm³/mol. The zero-order valence-corrected chi connectivity index (χ0v) is 10.2. The molecule has 1 aromatic carbocycles. The number of nitrogens with zero attached hydrogens (tertiary/aromatic N) is 3. The summed E-state index contributed by atoms with van der Waals surface area (Å²) in [5, 5.41) is 11.4. The zero-order valence-electron chi connectivity index (χ0n) is 9.48. The third kappa shape index (κ3) is 2.45. The highest BCUT2D eigenvalue weighted by molar-refractivity contribution is 6.31. The normalized spacial score (nSPS) is 12.7. The smallest absolute Gasteiger partial charge is 0.123 e. The van der Waals surface area contributed by atoms with Crippen molar-refractivity contribution >= 4 is 11.6 Å². The van der Waals surface area contributed by atoms with Crippen LogP contribution in [-0.4, -0.2) is 22.0 Å². The number of hydrogen-bond acceptors (Lipinski definition) is 3. The summed E-state index contributed by atoms with van der Waals surface area (Å²) < 4.78 is 14.8. The van der Waals surface area contributed by atoms with Gasteiger partial charge in [0.15, 0.2) is 0 Å². The van der Waals surface area contributed by atoms with Crippen LogP contribution in [0.5, 0.6) is 0 Å². The Bertz CT molecular complexity index is 526. The fourth-order valence-electron chi connectivity index (χ4n) is 1.70. The average Bonchev–Trinajstić information content (AvgIpc) is 2.71. The Labute approximate surface area is 103 Å². The first-order chi connectivity index (χ1) is 8.11. The third-order valence-electron chi connectivity index (χ3n) is 2.47. The minimum Gasteiger partial charge on any atom is -0.308 e. The van der Waals surface area contributed by atoms with E-state index in [9.17, 15) is 4.39 Å². The maximum atomic E-state index is 13.2. The van der Waals surface area contributed by atoms with E-state index in [2.05, 4.69) is 15.6 Å². The molecule has 4 nitrogen and oxygen atoms in total. The molecule has 6 heteroatoms. The van der Waals surface area contributed by atoms with E-state index in [1.807, 2.05) is 0 Å². The average molecular weight is 255 g/mol. The van der Waals surface area contributed by atoms with E-state index < -0.39 is 0 Å². The van der Waals surface area contributed by atoms with Gasteiger partial charge in [0.05, 0.1) is 12.2 Å². The first-order valence-electron chi connectivity index (χ1n) is 5.10. The van der Waals surface area contributed by atoms with Gasteiger partial charge in [-0.2, -0.15) is 0 Å². The van der Waals surface area contributed by atoms with Gasteiger partial charge < -0.3 is 5.32 Å². The van der Waals surface area contributed by atoms with Crippen molar-refractivity contribution < 1.29 is 4.39 Å². The molecule has 0 aliphatic carbocycles. The van der Waals surface area contributed by atoms with Crippen molar-refractivity contribution in [3.05, 3.63) is 46.5 Å². The highest BCUT2D eigenvalue weighted by Crippen LogP contribution is 2.27. The number of benzene rings is 1. The lowest BCUT2D eigenvalue weighted by atomic mass is 10.0. The molecule has 0 radical (unpaired) electrons. The van der Waals surface area contributed by atoms with Gasteiger partial charge in [-0.25, -0.2) is 4.39 Å². The van der Waals surface area contributed by atoms with Crippen LogP contribution < -0.4 is 5.32 Å². The van der Waals surface area contributed by atoms with Gasteiger partial charge in [0.2, 0.25) is 0 Å². The molecule has 90 valence electrons. The van der Waals surface area contributed by atoms with Crippen molar-refractivity contribution in [3.63, 3.8) is 0 Å². The van der Waals surface area contributed by atoms with E-state index in [1.54, 1.807) is 25.0 Å². The van der Waals surface area contributed by atoms with Gasteiger partial charge in [-0.05, 0) is 30.8 Å². The van der Waals surface area contributed by atoms with E-state index in [0.717, 1.165) is 0 Å². The molecule has 0 spiro atoms. The lowest BCUT2D eigenvalue weighted by molar-refractivity contribution is 0.613. The summed E-state index contributed by atoms with van der Waals surface area (Å²) in [6.45, 7) is 0. The molecule has 1 heterocycles. The molecule has 2 rings (SSSR count). The van der Waals surface area contributed by atoms with Gasteiger partial charge in [0.25, 0.3) is 0 Å². The van der Waals surface area contributed by atoms with Crippen molar-refractivity contribution in [3.8, 4) is 0 Å². The quantitative estimate of drug-likeness (QED) is 0.910. The van der Waals surface area contributed by atoms with E-state index >= 15 is 0 Å². The van der Waals surface area contributed by atoms with Crippen LogP contribution in [0.1, 0.15) is 17.3 Å². The summed E-state index contributed by atoms with van der Waals surface area (Å²) >= 11 is 6.06. The predicted octanol–water partition coefficient (Wildman–Crippen LogP) is 1.92. The van der Waals surface area contributed by atoms with Gasteiger partial charge in [0.1, 0.15) is 11.5 Å². The topological polar surface area (TPSA) is 42.7 Å². The second-order valence-electron chi connectivity index (χ2n) is 3.70. The van der Waals surface area contributed by atoms with Gasteiger partial charge in [-0.15, -0.1) is 5.10 Å². The molecule has 17 heavy (non-hydrogen) atoms. The molecule has 1 unspecified atom stereocenters. The summed E-state index contributed by atoms with van der Waals surface area (Å²) in [5.41, 5.74) is 1.34. The van der Waals surface area contributed by atoms with E-state index in [4.69, 9.17) is 11.6 Å². The van der Waals surface area contributed by atoms with Crippen molar-refractivity contribution in [2.75, 3.05) is 7.05 Å². The fourth-order valence-corrected chi connectivity index (χ4v) is 1.92. The lowest BCUT2D eigenvalue weighted by Gasteiger charge is -2.15. The monoisotopic (exact) mass is 254 g/mol. The second kappa shape index (κ2) is 4.81. The molecule has 1 N–H and O–H groups in total. The molecule has 2 aromatic rings. The first-order valence-corrected chi connectivity index (χ1v) is 5.48. The Morgan fingerprint density at radius 2 is 2.24 bits per heavy atom. The number of rotatable bonds is 3. The maximum absolute atomic E-state index is 13.2. The molecular formula is C11H12ClFN4. The first kappa shape index (κ1) is 12.0. The van der Waals surface area contributed by atoms with Crippen LogP contribution in [-0.2, 0) is 7.05 Å². The van der Waals surface area contributed by atoms with Crippen LogP contribution in [0.2, 0.25) is 5.02 Å². The summed E-state index contributed by atoms with van der Waals surface area (Å²) in [5.74, 6) is -0.325. The number of halogens is 2. The van der Waals surface area contributed by atoms with E-state index in [1.165, 1.54) is 18.2 Å². The maximum Gasteiger partial charge on any atom is 0.123 e. The summed E-state index contributed by atoms with van der Waals surface area (Å²) in [6, 6.07) is 3.99. The molecule has 0 saturated carbocycles. The van der Waals surface area contributed by atoms with E-state index in [-0.39, 0.29) is 11.9 Å². The third-order valence-corrected chi connectivity index (χ3v) is 2.82. The molecule has 1 aromatic heterocycles. The van der Waals surface area contributed by atoms with Crippen molar-refractivity contribution in [2.24, 2.45) is 7.05 Å². The Morgan fingerprint density at radius 1 is 1.47 bits per heavy atom. The molecule has 0 saturated heterocycles. The Balaban J connectivity index is 2.45. The van der Waals surface area contributed by atoms with Crippen LogP contribution in [0.25, 0.3) is 0 Å². The Kier molecular flexibility index (Phi) is 3.40. The fraction of sp³-hybridized carbons (Fsp3) is 0.273. The van der Waals surface area contributed by atoms with Gasteiger partial charge >= 0.3 is 0 Å². The molecule has 0 aliphatic rings. The minimum absolute atomic E-state index is 0.271. The van der Waals surface area contributed by atoms with Crippen molar-refractivity contribution in [1.29, 1.82) is 0 Å². The molecule has 1 atom stereocenters. The standard InChI is InChI=1S/C11H12ClFN4/c1-14-11(10-6-17(2)16-15-10)8-5-7(13)3-4-9(8)12/h3-6,11,14H,1-2H3. The van der Waals surface area contributed by atoms with Crippen LogP contribution in [0, 0.1) is 5.82 Å². The second-order valence-corrected chi connectivity index (χ2v) is 4.11. The molecular weight excluding hydrogens is 243 g/mol. The number of aryl methyl sites for hydroxylation is 1. The van der Waals surface area contributed by atoms with Crippen LogP contribution in [0.3, 0.4) is 0 Å². The molecule has 0 bridgehead atoms. The summed E-state index contributed by atoms with van der Waals surface area (Å²) in [4.78, 5) is 0. The minimum atomic E-state index is -0.325. The summed E-state index contributed by atoms with van der Waals surface area (Å²) in [7, 11) is 3.54. The van der Waals surface area contributed by atoms with Crippen LogP contribution >= 0.6 is 11.6 Å². The molecule has 0 aliphatic heterocycles. The van der Waals surface area contributed by atoms with Gasteiger partial charge in [-0.1, -0.05) is 16.8 Å². The summed E-state index contributed by atoms with van der Waals surface area (Å²) in [6.07, 6.45) is 1.77. The number of nitrogens with one attached hydrogen (secondary N) is 1. The number of aromatic nitrogens is 3. The zero-order chi connectivity index (χ0) is 12.4. The Morgan fingerprint density at radius 3 is 2.82 bits per heavy atom. The molecule has 0 amide bonds. The van der Waals surface area contributed by atoms with Crippen LogP contribution in [0.4, 0.5) is 4.39 Å². The van der Waals surface area contributed by atoms with Crippen molar-refractivity contribution in [2.45, 2.75) is 6.04 Å². The number of hydrogen-bond donors (Lipinski definition) is 1. The Hall–Kier alpha value is -1.46. The van der Waals surface area contributed by atoms with Crippen molar-refractivity contribution in [1.82, 2.24) is 20.3 Å². The van der Waals surface area contributed by atoms with Gasteiger partial charge in [-0.3, -0.25) is 4.68 Å². The van der Waals surface area contributed by atoms with E-state index in [0.29, 0.717) is 16.3 Å². The molecule has 0 fully saturated rings. The SMILES string of the molecule is CNC(c1cn(C)nn1)c1cc(F)ccc1Cl.